The molecule has 0 fully saturated rings. The van der Waals surface area contributed by atoms with Crippen LogP contribution in [0.4, 0.5) is 5.69 Å². The third kappa shape index (κ3) is 3.85. The molecule has 3 nitrogen and oxygen atoms in total. The molecule has 16 heavy (non-hydrogen) atoms. The van der Waals surface area contributed by atoms with Gasteiger partial charge in [-0.3, -0.25) is 0 Å². The minimum absolute atomic E-state index is 0.191. The van der Waals surface area contributed by atoms with Gasteiger partial charge in [0.1, 0.15) is 0 Å². The first-order valence-corrected chi connectivity index (χ1v) is 7.28. The second-order valence-electron chi connectivity index (χ2n) is 3.88. The first-order valence-electron chi connectivity index (χ1n) is 5.56. The van der Waals surface area contributed by atoms with Crippen molar-refractivity contribution in [3.05, 3.63) is 30.3 Å². The summed E-state index contributed by atoms with van der Waals surface area (Å²) in [6.45, 7) is 4.13. The first-order chi connectivity index (χ1) is 7.56. The van der Waals surface area contributed by atoms with Crippen molar-refractivity contribution < 1.29 is 8.42 Å². The summed E-state index contributed by atoms with van der Waals surface area (Å²) in [5.74, 6) is 0.191. The number of nitrogens with one attached hydrogen (secondary N) is 1. The van der Waals surface area contributed by atoms with Crippen molar-refractivity contribution >= 4 is 15.5 Å². The lowest BCUT2D eigenvalue weighted by atomic mass is 10.3. The Bertz CT molecular complexity index is 400. The van der Waals surface area contributed by atoms with Crippen LogP contribution in [0.3, 0.4) is 0 Å². The van der Waals surface area contributed by atoms with Gasteiger partial charge in [0, 0.05) is 12.2 Å². The molecule has 4 heteroatoms. The van der Waals surface area contributed by atoms with E-state index >= 15 is 0 Å². The van der Waals surface area contributed by atoms with E-state index in [1.807, 2.05) is 37.3 Å². The Morgan fingerprint density at radius 2 is 1.88 bits per heavy atom. The van der Waals surface area contributed by atoms with E-state index < -0.39 is 9.84 Å². The third-order valence-corrected chi connectivity index (χ3v) is 5.01. The molecule has 90 valence electrons. The molecular weight excluding hydrogens is 222 g/mol. The summed E-state index contributed by atoms with van der Waals surface area (Å²) in [6.07, 6.45) is 0.674. The summed E-state index contributed by atoms with van der Waals surface area (Å²) < 4.78 is 23.4. The van der Waals surface area contributed by atoms with Gasteiger partial charge in [-0.15, -0.1) is 0 Å². The largest absolute Gasteiger partial charge is 0.384 e. The second-order valence-corrected chi connectivity index (χ2v) is 6.42. The molecule has 0 aromatic heterocycles. The van der Waals surface area contributed by atoms with Gasteiger partial charge in [-0.2, -0.15) is 0 Å². The van der Waals surface area contributed by atoms with E-state index in [0.717, 1.165) is 5.69 Å². The van der Waals surface area contributed by atoms with Crippen molar-refractivity contribution in [1.82, 2.24) is 0 Å². The topological polar surface area (TPSA) is 46.2 Å². The van der Waals surface area contributed by atoms with E-state index in [9.17, 15) is 8.42 Å². The lowest BCUT2D eigenvalue weighted by Gasteiger charge is -2.11. The Morgan fingerprint density at radius 1 is 1.25 bits per heavy atom. The number of hydrogen-bond acceptors (Lipinski definition) is 3. The van der Waals surface area contributed by atoms with Crippen molar-refractivity contribution in [2.24, 2.45) is 0 Å². The maximum atomic E-state index is 11.7. The Hall–Kier alpha value is -1.03. The fourth-order valence-corrected chi connectivity index (χ4v) is 2.65. The number of sulfone groups is 1. The quantitative estimate of drug-likeness (QED) is 0.831. The molecule has 0 aliphatic rings. The van der Waals surface area contributed by atoms with Gasteiger partial charge >= 0.3 is 0 Å². The number of benzene rings is 1. The second kappa shape index (κ2) is 5.89. The number of rotatable bonds is 6. The molecule has 1 N–H and O–H groups in total. The van der Waals surface area contributed by atoms with Crippen LogP contribution in [-0.4, -0.2) is 26.0 Å². The fraction of sp³-hybridized carbons (Fsp3) is 0.500. The zero-order valence-corrected chi connectivity index (χ0v) is 10.6. The van der Waals surface area contributed by atoms with Gasteiger partial charge in [0.2, 0.25) is 0 Å². The monoisotopic (exact) mass is 241 g/mol. The molecule has 0 saturated heterocycles. The van der Waals surface area contributed by atoms with Crippen molar-refractivity contribution in [3.63, 3.8) is 0 Å². The minimum Gasteiger partial charge on any atom is -0.384 e. The normalized spacial score (nSPS) is 13.4. The summed E-state index contributed by atoms with van der Waals surface area (Å²) in [4.78, 5) is 0. The van der Waals surface area contributed by atoms with Crippen LogP contribution in [0, 0.1) is 0 Å². The summed E-state index contributed by atoms with van der Waals surface area (Å²) in [6, 6.07) is 9.63. The Morgan fingerprint density at radius 3 is 2.44 bits per heavy atom. The van der Waals surface area contributed by atoms with E-state index in [2.05, 4.69) is 5.32 Å². The van der Waals surface area contributed by atoms with Crippen LogP contribution >= 0.6 is 0 Å². The molecule has 0 amide bonds. The van der Waals surface area contributed by atoms with Crippen LogP contribution < -0.4 is 5.32 Å². The lowest BCUT2D eigenvalue weighted by Crippen LogP contribution is -2.24. The Kier molecular flexibility index (Phi) is 4.80. The maximum absolute atomic E-state index is 11.7. The molecule has 1 aromatic carbocycles. The van der Waals surface area contributed by atoms with Gasteiger partial charge in [0.25, 0.3) is 0 Å². The predicted octanol–water partition coefficient (Wildman–Crippen LogP) is 2.31. The molecule has 0 bridgehead atoms. The summed E-state index contributed by atoms with van der Waals surface area (Å²) in [7, 11) is -2.94. The molecule has 0 radical (unpaired) electrons. The van der Waals surface area contributed by atoms with Crippen molar-refractivity contribution in [2.45, 2.75) is 25.5 Å². The first kappa shape index (κ1) is 13.0. The van der Waals surface area contributed by atoms with Crippen LogP contribution in [0.15, 0.2) is 30.3 Å². The van der Waals surface area contributed by atoms with Gasteiger partial charge in [0.15, 0.2) is 9.84 Å². The third-order valence-electron chi connectivity index (χ3n) is 2.68. The van der Waals surface area contributed by atoms with Crippen LogP contribution in [0.2, 0.25) is 0 Å². The van der Waals surface area contributed by atoms with Gasteiger partial charge in [-0.25, -0.2) is 8.42 Å². The van der Waals surface area contributed by atoms with Crippen LogP contribution in [0.25, 0.3) is 0 Å². The molecule has 1 unspecified atom stereocenters. The summed E-state index contributed by atoms with van der Waals surface area (Å²) in [5, 5.41) is 2.86. The molecule has 1 aromatic rings. The van der Waals surface area contributed by atoms with E-state index in [1.54, 1.807) is 6.92 Å². The van der Waals surface area contributed by atoms with Gasteiger partial charge in [0.05, 0.1) is 11.0 Å². The molecule has 0 heterocycles. The molecule has 1 atom stereocenters. The predicted molar refractivity (Wildman–Crippen MR) is 68.5 cm³/mol. The zero-order chi connectivity index (χ0) is 12.0. The zero-order valence-electron chi connectivity index (χ0n) is 9.81. The molecule has 0 aliphatic carbocycles. The average Bonchev–Trinajstić information content (AvgIpc) is 2.29. The highest BCUT2D eigenvalue weighted by molar-refractivity contribution is 7.92. The van der Waals surface area contributed by atoms with Crippen LogP contribution in [0.1, 0.15) is 20.3 Å². The smallest absolute Gasteiger partial charge is 0.154 e. The highest BCUT2D eigenvalue weighted by Gasteiger charge is 2.17. The minimum atomic E-state index is -2.94. The van der Waals surface area contributed by atoms with E-state index in [4.69, 9.17) is 0 Å². The number of hydrogen-bond donors (Lipinski definition) is 1. The van der Waals surface area contributed by atoms with Gasteiger partial charge in [-0.05, 0) is 25.5 Å². The number of para-hydroxylation sites is 1. The van der Waals surface area contributed by atoms with Crippen LogP contribution in [0.5, 0.6) is 0 Å². The van der Waals surface area contributed by atoms with Crippen molar-refractivity contribution in [1.29, 1.82) is 0 Å². The Labute approximate surface area is 97.8 Å². The van der Waals surface area contributed by atoms with E-state index in [-0.39, 0.29) is 11.0 Å². The van der Waals surface area contributed by atoms with Crippen LogP contribution in [-0.2, 0) is 9.84 Å². The van der Waals surface area contributed by atoms with Gasteiger partial charge in [-0.1, -0.05) is 25.1 Å². The number of anilines is 1. The summed E-state index contributed by atoms with van der Waals surface area (Å²) in [5.41, 5.74) is 0.960. The van der Waals surface area contributed by atoms with Crippen molar-refractivity contribution in [3.8, 4) is 0 Å². The maximum Gasteiger partial charge on any atom is 0.154 e. The Balaban J connectivity index is 2.42. The molecule has 1 rings (SSSR count). The van der Waals surface area contributed by atoms with Gasteiger partial charge < -0.3 is 5.32 Å². The lowest BCUT2D eigenvalue weighted by molar-refractivity contribution is 0.581. The fourth-order valence-electron chi connectivity index (χ4n) is 1.35. The molecule has 0 aliphatic heterocycles. The van der Waals surface area contributed by atoms with E-state index in [0.29, 0.717) is 13.0 Å². The van der Waals surface area contributed by atoms with E-state index in [1.165, 1.54) is 0 Å². The highest BCUT2D eigenvalue weighted by atomic mass is 32.2. The molecule has 0 spiro atoms. The average molecular weight is 241 g/mol. The molecular formula is C12H19NO2S. The highest BCUT2D eigenvalue weighted by Crippen LogP contribution is 2.08. The SMILES string of the molecule is CCC(C)S(=O)(=O)CCNc1ccccc1. The molecule has 0 saturated carbocycles. The van der Waals surface area contributed by atoms with Crippen molar-refractivity contribution in [2.75, 3.05) is 17.6 Å². The standard InChI is InChI=1S/C12H19NO2S/c1-3-11(2)16(14,15)10-9-13-12-7-5-4-6-8-12/h4-8,11,13H,3,9-10H2,1-2H3. The summed E-state index contributed by atoms with van der Waals surface area (Å²) >= 11 is 0.